The molecule has 0 N–H and O–H groups in total. The highest BCUT2D eigenvalue weighted by Gasteiger charge is 2.33. The molecule has 1 saturated carbocycles. The Bertz CT molecular complexity index is 740. The summed E-state index contributed by atoms with van der Waals surface area (Å²) in [5.41, 5.74) is 1.73. The maximum Gasteiger partial charge on any atom is 0.255 e. The third-order valence-electron chi connectivity index (χ3n) is 4.87. The van der Waals surface area contributed by atoms with E-state index in [4.69, 9.17) is 9.47 Å². The summed E-state index contributed by atoms with van der Waals surface area (Å²) in [6, 6.07) is 12.0. The molecular formula is C21H24N2O3. The summed E-state index contributed by atoms with van der Waals surface area (Å²) in [5.74, 6) is 0.883. The standard InChI is InChI=1S/C21H24N2O3/c24-21(17-5-2-10-22-13-17)23(18-8-9-18)14-16-4-1-6-19(12-16)26-15-20-7-3-11-25-20/h1-2,4-6,10,12-13,18,20H,3,7-9,11,14-15H2. The van der Waals surface area contributed by atoms with E-state index in [1.165, 1.54) is 0 Å². The monoisotopic (exact) mass is 352 g/mol. The smallest absolute Gasteiger partial charge is 0.255 e. The van der Waals surface area contributed by atoms with E-state index in [2.05, 4.69) is 4.98 Å². The molecule has 2 aliphatic rings. The molecule has 1 unspecified atom stereocenters. The van der Waals surface area contributed by atoms with Crippen LogP contribution in [0.5, 0.6) is 5.75 Å². The van der Waals surface area contributed by atoms with Crippen molar-refractivity contribution in [2.24, 2.45) is 0 Å². The Hall–Kier alpha value is -2.40. The van der Waals surface area contributed by atoms with E-state index in [0.717, 1.165) is 43.6 Å². The second-order valence-corrected chi connectivity index (χ2v) is 7.00. The highest BCUT2D eigenvalue weighted by molar-refractivity contribution is 5.94. The van der Waals surface area contributed by atoms with Crippen molar-refractivity contribution in [1.29, 1.82) is 0 Å². The molecule has 5 nitrogen and oxygen atoms in total. The molecule has 1 aromatic carbocycles. The fraction of sp³-hybridized carbons (Fsp3) is 0.429. The van der Waals surface area contributed by atoms with Gasteiger partial charge in [0.2, 0.25) is 0 Å². The summed E-state index contributed by atoms with van der Waals surface area (Å²) >= 11 is 0. The van der Waals surface area contributed by atoms with Crippen molar-refractivity contribution < 1.29 is 14.3 Å². The second-order valence-electron chi connectivity index (χ2n) is 7.00. The minimum absolute atomic E-state index is 0.0475. The molecule has 0 radical (unpaired) electrons. The molecule has 0 bridgehead atoms. The van der Waals surface area contributed by atoms with Gasteiger partial charge in [0.25, 0.3) is 5.91 Å². The summed E-state index contributed by atoms with van der Waals surface area (Å²) in [7, 11) is 0. The van der Waals surface area contributed by atoms with E-state index in [1.54, 1.807) is 18.5 Å². The lowest BCUT2D eigenvalue weighted by Gasteiger charge is -2.23. The van der Waals surface area contributed by atoms with Crippen LogP contribution in [0, 0.1) is 0 Å². The van der Waals surface area contributed by atoms with Crippen LogP contribution in [0.25, 0.3) is 0 Å². The molecule has 5 heteroatoms. The fourth-order valence-corrected chi connectivity index (χ4v) is 3.30. The van der Waals surface area contributed by atoms with E-state index in [-0.39, 0.29) is 12.0 Å². The number of carbonyl (C=O) groups excluding carboxylic acids is 1. The molecule has 4 rings (SSSR count). The molecule has 136 valence electrons. The number of nitrogens with zero attached hydrogens (tertiary/aromatic N) is 2. The maximum absolute atomic E-state index is 12.9. The molecule has 1 saturated heterocycles. The van der Waals surface area contributed by atoms with Crippen molar-refractivity contribution in [2.45, 2.75) is 44.4 Å². The summed E-state index contributed by atoms with van der Waals surface area (Å²) in [5, 5.41) is 0. The second kappa shape index (κ2) is 7.87. The van der Waals surface area contributed by atoms with Crippen molar-refractivity contribution in [3.8, 4) is 5.75 Å². The van der Waals surface area contributed by atoms with Gasteiger partial charge in [-0.2, -0.15) is 0 Å². The fourth-order valence-electron chi connectivity index (χ4n) is 3.30. The Kier molecular flexibility index (Phi) is 5.16. The summed E-state index contributed by atoms with van der Waals surface area (Å²) in [6.45, 7) is 2.01. The lowest BCUT2D eigenvalue weighted by Crippen LogP contribution is -2.32. The van der Waals surface area contributed by atoms with Gasteiger partial charge in [0.05, 0.1) is 11.7 Å². The third-order valence-corrected chi connectivity index (χ3v) is 4.87. The topological polar surface area (TPSA) is 51.7 Å². The third kappa shape index (κ3) is 4.22. The average molecular weight is 352 g/mol. The van der Waals surface area contributed by atoms with Gasteiger partial charge >= 0.3 is 0 Å². The van der Waals surface area contributed by atoms with Gasteiger partial charge in [-0.05, 0) is 55.5 Å². The first-order valence-corrected chi connectivity index (χ1v) is 9.34. The SMILES string of the molecule is O=C(c1cccnc1)N(Cc1cccc(OCC2CCCO2)c1)C1CC1. The highest BCUT2D eigenvalue weighted by Crippen LogP contribution is 2.30. The molecule has 1 aliphatic heterocycles. The van der Waals surface area contributed by atoms with Crippen LogP contribution < -0.4 is 4.74 Å². The van der Waals surface area contributed by atoms with Crippen LogP contribution in [0.1, 0.15) is 41.6 Å². The lowest BCUT2D eigenvalue weighted by molar-refractivity contribution is 0.0678. The van der Waals surface area contributed by atoms with Gasteiger partial charge in [0.15, 0.2) is 0 Å². The summed E-state index contributed by atoms with van der Waals surface area (Å²) in [4.78, 5) is 18.9. The molecule has 2 aromatic rings. The Labute approximate surface area is 153 Å². The first-order valence-electron chi connectivity index (χ1n) is 9.34. The maximum atomic E-state index is 12.9. The number of carbonyl (C=O) groups is 1. The molecule has 1 atom stereocenters. The van der Waals surface area contributed by atoms with E-state index in [1.807, 2.05) is 35.2 Å². The number of ether oxygens (including phenoxy) is 2. The van der Waals surface area contributed by atoms with Crippen molar-refractivity contribution >= 4 is 5.91 Å². The van der Waals surface area contributed by atoms with Crippen LogP contribution in [0.2, 0.25) is 0 Å². The van der Waals surface area contributed by atoms with Gasteiger partial charge in [0.1, 0.15) is 12.4 Å². The molecular weight excluding hydrogens is 328 g/mol. The zero-order valence-corrected chi connectivity index (χ0v) is 14.8. The largest absolute Gasteiger partial charge is 0.491 e. The van der Waals surface area contributed by atoms with Crippen LogP contribution in [0.15, 0.2) is 48.8 Å². The Balaban J connectivity index is 1.42. The number of benzene rings is 1. The predicted octanol–water partition coefficient (Wildman–Crippen LogP) is 3.44. The Morgan fingerprint density at radius 2 is 2.15 bits per heavy atom. The van der Waals surface area contributed by atoms with E-state index in [0.29, 0.717) is 24.8 Å². The Morgan fingerprint density at radius 3 is 2.88 bits per heavy atom. The minimum atomic E-state index is 0.0475. The highest BCUT2D eigenvalue weighted by atomic mass is 16.5. The molecule has 26 heavy (non-hydrogen) atoms. The van der Waals surface area contributed by atoms with Crippen molar-refractivity contribution in [1.82, 2.24) is 9.88 Å². The van der Waals surface area contributed by atoms with Crippen molar-refractivity contribution in [3.63, 3.8) is 0 Å². The number of hydrogen-bond donors (Lipinski definition) is 0. The van der Waals surface area contributed by atoms with Gasteiger partial charge in [-0.15, -0.1) is 0 Å². The van der Waals surface area contributed by atoms with Crippen LogP contribution in [0.4, 0.5) is 0 Å². The summed E-state index contributed by atoms with van der Waals surface area (Å²) < 4.78 is 11.5. The van der Waals surface area contributed by atoms with Crippen molar-refractivity contribution in [2.75, 3.05) is 13.2 Å². The van der Waals surface area contributed by atoms with Crippen LogP contribution >= 0.6 is 0 Å². The van der Waals surface area contributed by atoms with Crippen LogP contribution in [-0.2, 0) is 11.3 Å². The van der Waals surface area contributed by atoms with Gasteiger partial charge < -0.3 is 14.4 Å². The predicted molar refractivity (Wildman–Crippen MR) is 98.0 cm³/mol. The zero-order chi connectivity index (χ0) is 17.8. The van der Waals surface area contributed by atoms with E-state index in [9.17, 15) is 4.79 Å². The molecule has 1 amide bonds. The number of hydrogen-bond acceptors (Lipinski definition) is 4. The zero-order valence-electron chi connectivity index (χ0n) is 14.8. The molecule has 0 spiro atoms. The van der Waals surface area contributed by atoms with Gasteiger partial charge in [-0.25, -0.2) is 0 Å². The quantitative estimate of drug-likeness (QED) is 0.766. The van der Waals surface area contributed by atoms with Gasteiger partial charge in [-0.1, -0.05) is 12.1 Å². The van der Waals surface area contributed by atoms with Crippen molar-refractivity contribution in [3.05, 3.63) is 59.9 Å². The number of aromatic nitrogens is 1. The normalized spacial score (nSPS) is 19.3. The molecule has 2 fully saturated rings. The molecule has 2 heterocycles. The first kappa shape index (κ1) is 17.0. The Morgan fingerprint density at radius 1 is 1.23 bits per heavy atom. The van der Waals surface area contributed by atoms with Gasteiger partial charge in [-0.3, -0.25) is 9.78 Å². The van der Waals surface area contributed by atoms with Gasteiger partial charge in [0, 0.05) is 31.6 Å². The minimum Gasteiger partial charge on any atom is -0.491 e. The van der Waals surface area contributed by atoms with Crippen LogP contribution in [0.3, 0.4) is 0 Å². The van der Waals surface area contributed by atoms with Crippen LogP contribution in [-0.4, -0.2) is 41.2 Å². The number of rotatable bonds is 7. The number of pyridine rings is 1. The first-order chi connectivity index (χ1) is 12.8. The van der Waals surface area contributed by atoms with E-state index < -0.39 is 0 Å². The molecule has 1 aliphatic carbocycles. The van der Waals surface area contributed by atoms with E-state index >= 15 is 0 Å². The lowest BCUT2D eigenvalue weighted by atomic mass is 10.1. The average Bonchev–Trinajstić information content (AvgIpc) is 3.40. The molecule has 1 aromatic heterocycles. The summed E-state index contributed by atoms with van der Waals surface area (Å²) in [6.07, 6.45) is 7.85. The number of amides is 1.